The highest BCUT2D eigenvalue weighted by molar-refractivity contribution is 14.1. The molecule has 0 radical (unpaired) electrons. The number of aromatic nitrogens is 1. The number of fused-ring (bicyclic) bond motifs is 1. The topological polar surface area (TPSA) is 39.2 Å². The SMILES string of the molecule is CCOC(=O)c1cc(Cl)nc2cc(Cl)c(I)cc12. The van der Waals surface area contributed by atoms with Crippen molar-refractivity contribution in [2.45, 2.75) is 6.92 Å². The zero-order valence-electron chi connectivity index (χ0n) is 9.34. The zero-order chi connectivity index (χ0) is 13.3. The number of hydrogen-bond donors (Lipinski definition) is 0. The second-order valence-corrected chi connectivity index (χ2v) is 5.45. The number of hydrogen-bond acceptors (Lipinski definition) is 3. The van der Waals surface area contributed by atoms with Gasteiger partial charge in [-0.05, 0) is 47.7 Å². The number of ether oxygens (including phenoxy) is 1. The van der Waals surface area contributed by atoms with Crippen LogP contribution in [0, 0.1) is 3.57 Å². The van der Waals surface area contributed by atoms with Crippen molar-refractivity contribution >= 4 is 62.7 Å². The molecule has 1 aromatic heterocycles. The Balaban J connectivity index is 2.71. The number of rotatable bonds is 2. The Bertz CT molecular complexity index is 631. The summed E-state index contributed by atoms with van der Waals surface area (Å²) in [5.41, 5.74) is 0.984. The van der Waals surface area contributed by atoms with Gasteiger partial charge >= 0.3 is 5.97 Å². The molecule has 0 saturated carbocycles. The molecule has 0 amide bonds. The molecule has 0 saturated heterocycles. The molecule has 0 aliphatic carbocycles. The predicted molar refractivity (Wildman–Crippen MR) is 80.4 cm³/mol. The normalized spacial score (nSPS) is 10.7. The third-order valence-electron chi connectivity index (χ3n) is 2.31. The summed E-state index contributed by atoms with van der Waals surface area (Å²) in [4.78, 5) is 16.0. The van der Waals surface area contributed by atoms with Gasteiger partial charge in [-0.15, -0.1) is 0 Å². The molecule has 0 bridgehead atoms. The molecular weight excluding hydrogens is 388 g/mol. The molecule has 6 heteroatoms. The first kappa shape index (κ1) is 13.8. The van der Waals surface area contributed by atoms with Crippen LogP contribution in [0.5, 0.6) is 0 Å². The lowest BCUT2D eigenvalue weighted by Crippen LogP contribution is -2.06. The lowest BCUT2D eigenvalue weighted by atomic mass is 10.1. The first-order valence-electron chi connectivity index (χ1n) is 5.15. The van der Waals surface area contributed by atoms with Gasteiger partial charge in [0, 0.05) is 8.96 Å². The Labute approximate surface area is 128 Å². The minimum absolute atomic E-state index is 0.239. The Morgan fingerprint density at radius 3 is 2.78 bits per heavy atom. The molecule has 1 aromatic carbocycles. The average molecular weight is 396 g/mol. The second kappa shape index (κ2) is 5.59. The summed E-state index contributed by atoms with van der Waals surface area (Å²) >= 11 is 14.0. The van der Waals surface area contributed by atoms with Gasteiger partial charge in [-0.3, -0.25) is 0 Å². The summed E-state index contributed by atoms with van der Waals surface area (Å²) in [6.45, 7) is 2.06. The van der Waals surface area contributed by atoms with E-state index in [2.05, 4.69) is 27.6 Å². The van der Waals surface area contributed by atoms with Crippen LogP contribution in [0.1, 0.15) is 17.3 Å². The van der Waals surface area contributed by atoms with E-state index in [0.717, 1.165) is 3.57 Å². The van der Waals surface area contributed by atoms with Gasteiger partial charge in [-0.1, -0.05) is 23.2 Å². The molecule has 0 spiro atoms. The average Bonchev–Trinajstić information content (AvgIpc) is 2.30. The van der Waals surface area contributed by atoms with Gasteiger partial charge in [-0.25, -0.2) is 9.78 Å². The lowest BCUT2D eigenvalue weighted by Gasteiger charge is -2.08. The monoisotopic (exact) mass is 395 g/mol. The number of carbonyl (C=O) groups excluding carboxylic acids is 1. The van der Waals surface area contributed by atoms with Crippen molar-refractivity contribution in [3.8, 4) is 0 Å². The van der Waals surface area contributed by atoms with Crippen LogP contribution in [0.4, 0.5) is 0 Å². The molecule has 2 aromatic rings. The van der Waals surface area contributed by atoms with Gasteiger partial charge in [0.15, 0.2) is 0 Å². The van der Waals surface area contributed by atoms with E-state index in [0.29, 0.717) is 28.1 Å². The van der Waals surface area contributed by atoms with Crippen LogP contribution in [0.3, 0.4) is 0 Å². The van der Waals surface area contributed by atoms with E-state index in [9.17, 15) is 4.79 Å². The fourth-order valence-corrected chi connectivity index (χ4v) is 2.39. The molecule has 0 fully saturated rings. The Morgan fingerprint density at radius 1 is 1.39 bits per heavy atom. The quantitative estimate of drug-likeness (QED) is 0.431. The fraction of sp³-hybridized carbons (Fsp3) is 0.167. The van der Waals surface area contributed by atoms with Crippen molar-refractivity contribution in [3.63, 3.8) is 0 Å². The lowest BCUT2D eigenvalue weighted by molar-refractivity contribution is 0.0528. The minimum atomic E-state index is -0.412. The smallest absolute Gasteiger partial charge is 0.338 e. The Morgan fingerprint density at radius 2 is 2.11 bits per heavy atom. The highest BCUT2D eigenvalue weighted by Gasteiger charge is 2.15. The van der Waals surface area contributed by atoms with Crippen molar-refractivity contribution in [2.24, 2.45) is 0 Å². The zero-order valence-corrected chi connectivity index (χ0v) is 13.0. The molecule has 3 nitrogen and oxygen atoms in total. The van der Waals surface area contributed by atoms with Crippen LogP contribution in [-0.4, -0.2) is 17.6 Å². The number of carbonyl (C=O) groups is 1. The van der Waals surface area contributed by atoms with Crippen molar-refractivity contribution in [1.82, 2.24) is 4.98 Å². The van der Waals surface area contributed by atoms with Gasteiger partial charge in [0.2, 0.25) is 0 Å². The molecule has 0 atom stereocenters. The standard InChI is InChI=1S/C12H8Cl2INO2/c1-2-18-12(17)7-4-11(14)16-10-5-8(13)9(15)3-6(7)10/h3-5H,2H2,1H3. The van der Waals surface area contributed by atoms with Crippen LogP contribution in [0.25, 0.3) is 10.9 Å². The second-order valence-electron chi connectivity index (χ2n) is 3.50. The maximum atomic E-state index is 11.9. The third kappa shape index (κ3) is 2.70. The van der Waals surface area contributed by atoms with Crippen LogP contribution in [0.15, 0.2) is 18.2 Å². The minimum Gasteiger partial charge on any atom is -0.462 e. The highest BCUT2D eigenvalue weighted by atomic mass is 127. The van der Waals surface area contributed by atoms with Crippen LogP contribution in [-0.2, 0) is 4.74 Å². The number of pyridine rings is 1. The Hall–Kier alpha value is -0.590. The summed E-state index contributed by atoms with van der Waals surface area (Å²) in [6.07, 6.45) is 0. The fourth-order valence-electron chi connectivity index (χ4n) is 1.57. The van der Waals surface area contributed by atoms with Gasteiger partial charge in [0.1, 0.15) is 5.15 Å². The number of halogens is 3. The molecule has 0 N–H and O–H groups in total. The number of esters is 1. The summed E-state index contributed by atoms with van der Waals surface area (Å²) in [6, 6.07) is 4.99. The van der Waals surface area contributed by atoms with Crippen LogP contribution < -0.4 is 0 Å². The highest BCUT2D eigenvalue weighted by Crippen LogP contribution is 2.28. The summed E-state index contributed by atoms with van der Waals surface area (Å²) in [5, 5.41) is 1.50. The van der Waals surface area contributed by atoms with Gasteiger partial charge < -0.3 is 4.74 Å². The van der Waals surface area contributed by atoms with E-state index in [1.54, 1.807) is 19.1 Å². The van der Waals surface area contributed by atoms with Crippen LogP contribution in [0.2, 0.25) is 10.2 Å². The molecular formula is C12H8Cl2INO2. The molecule has 18 heavy (non-hydrogen) atoms. The van der Waals surface area contributed by atoms with Crippen LogP contribution >= 0.6 is 45.8 Å². The molecule has 0 unspecified atom stereocenters. The number of benzene rings is 1. The van der Waals surface area contributed by atoms with Crippen molar-refractivity contribution < 1.29 is 9.53 Å². The van der Waals surface area contributed by atoms with Crippen molar-refractivity contribution in [1.29, 1.82) is 0 Å². The summed E-state index contributed by atoms with van der Waals surface area (Å²) in [7, 11) is 0. The molecule has 0 aliphatic heterocycles. The van der Waals surface area contributed by atoms with Gasteiger partial charge in [-0.2, -0.15) is 0 Å². The maximum absolute atomic E-state index is 11.9. The summed E-state index contributed by atoms with van der Waals surface area (Å²) in [5.74, 6) is -0.412. The van der Waals surface area contributed by atoms with Gasteiger partial charge in [0.25, 0.3) is 0 Å². The molecule has 2 rings (SSSR count). The van der Waals surface area contributed by atoms with E-state index in [-0.39, 0.29) is 5.15 Å². The molecule has 0 aliphatic rings. The first-order valence-corrected chi connectivity index (χ1v) is 6.98. The first-order chi connectivity index (χ1) is 8.52. The van der Waals surface area contributed by atoms with Gasteiger partial charge in [0.05, 0.1) is 22.7 Å². The van der Waals surface area contributed by atoms with E-state index < -0.39 is 5.97 Å². The molecule has 1 heterocycles. The predicted octanol–water partition coefficient (Wildman–Crippen LogP) is 4.32. The van der Waals surface area contributed by atoms with E-state index in [1.165, 1.54) is 6.07 Å². The third-order valence-corrected chi connectivity index (χ3v) is 4.03. The van der Waals surface area contributed by atoms with E-state index >= 15 is 0 Å². The maximum Gasteiger partial charge on any atom is 0.338 e. The largest absolute Gasteiger partial charge is 0.462 e. The Kier molecular flexibility index (Phi) is 4.29. The van der Waals surface area contributed by atoms with E-state index in [1.807, 2.05) is 0 Å². The number of nitrogens with zero attached hydrogens (tertiary/aromatic N) is 1. The van der Waals surface area contributed by atoms with E-state index in [4.69, 9.17) is 27.9 Å². The van der Waals surface area contributed by atoms with Crippen molar-refractivity contribution in [3.05, 3.63) is 37.5 Å². The summed E-state index contributed by atoms with van der Waals surface area (Å²) < 4.78 is 5.84. The molecule has 94 valence electrons. The van der Waals surface area contributed by atoms with Crippen molar-refractivity contribution in [2.75, 3.05) is 6.61 Å².